The zero-order chi connectivity index (χ0) is 13.4. The Hall–Kier alpha value is -1.92. The van der Waals surface area contributed by atoms with Crippen molar-refractivity contribution in [3.63, 3.8) is 0 Å². The van der Waals surface area contributed by atoms with E-state index in [-0.39, 0.29) is 32.2 Å². The van der Waals surface area contributed by atoms with E-state index >= 15 is 0 Å². The van der Waals surface area contributed by atoms with Gasteiger partial charge in [0.15, 0.2) is 0 Å². The maximum absolute atomic E-state index is 10.9. The molecule has 2 aromatic rings. The molecule has 8 heteroatoms. The van der Waals surface area contributed by atoms with Gasteiger partial charge in [-0.05, 0) is 24.3 Å². The molecule has 0 saturated heterocycles. The molecule has 0 saturated carbocycles. The number of benzene rings is 2. The Morgan fingerprint density at radius 2 is 1.11 bits per heavy atom. The number of nitrogens with zero attached hydrogens (tertiary/aromatic N) is 2. The highest BCUT2D eigenvalue weighted by Gasteiger charge is 2.24. The van der Waals surface area contributed by atoms with Gasteiger partial charge in [-0.15, -0.1) is 0 Å². The summed E-state index contributed by atoms with van der Waals surface area (Å²) in [6.07, 6.45) is 0. The fraction of sp³-hybridized carbons (Fsp3) is 0. The van der Waals surface area contributed by atoms with Crippen LogP contribution in [0.1, 0.15) is 0 Å². The van der Waals surface area contributed by atoms with Crippen molar-refractivity contribution in [3.05, 3.63) is 54.5 Å². The molecule has 2 rings (SSSR count). The van der Waals surface area contributed by atoms with Gasteiger partial charge in [0.2, 0.25) is 0 Å². The van der Waals surface area contributed by atoms with Crippen molar-refractivity contribution >= 4 is 45.3 Å². The molecule has 0 aliphatic rings. The van der Waals surface area contributed by atoms with Crippen molar-refractivity contribution in [2.24, 2.45) is 0 Å². The predicted molar refractivity (Wildman–Crippen MR) is 67.3 cm³/mol. The van der Waals surface area contributed by atoms with Gasteiger partial charge in [-0.25, -0.2) is 0 Å². The molecule has 0 bridgehead atoms. The standard InChI is InChI=1S/C10H4Cl2N2O4/c11-7-3-1-5-6(10(7)14(17)18)2-4-8(12)9(5)13(15)16/h1-4H. The number of nitro benzene ring substituents is 2. The van der Waals surface area contributed by atoms with Crippen LogP contribution in [0.3, 0.4) is 0 Å². The molecule has 92 valence electrons. The van der Waals surface area contributed by atoms with Crippen LogP contribution in [0.4, 0.5) is 11.4 Å². The molecule has 0 fully saturated rings. The molecule has 0 aliphatic carbocycles. The van der Waals surface area contributed by atoms with Crippen molar-refractivity contribution in [1.29, 1.82) is 0 Å². The first kappa shape index (κ1) is 12.5. The number of fused-ring (bicyclic) bond motifs is 1. The Bertz CT molecular complexity index is 628. The fourth-order valence-electron chi connectivity index (χ4n) is 1.69. The van der Waals surface area contributed by atoms with Gasteiger partial charge in [-0.3, -0.25) is 20.2 Å². The molecule has 0 aromatic heterocycles. The molecular weight excluding hydrogens is 283 g/mol. The summed E-state index contributed by atoms with van der Waals surface area (Å²) in [5.74, 6) is 0. The minimum Gasteiger partial charge on any atom is -0.258 e. The first-order valence-corrected chi connectivity index (χ1v) is 5.38. The van der Waals surface area contributed by atoms with E-state index in [1.807, 2.05) is 0 Å². The van der Waals surface area contributed by atoms with E-state index in [1.165, 1.54) is 24.3 Å². The third-order valence-corrected chi connectivity index (χ3v) is 3.02. The summed E-state index contributed by atoms with van der Waals surface area (Å²) < 4.78 is 0. The molecule has 0 heterocycles. The second-order valence-electron chi connectivity index (χ2n) is 3.40. The second-order valence-corrected chi connectivity index (χ2v) is 4.22. The van der Waals surface area contributed by atoms with Gasteiger partial charge in [0.1, 0.15) is 10.0 Å². The van der Waals surface area contributed by atoms with Crippen LogP contribution in [0.2, 0.25) is 10.0 Å². The van der Waals surface area contributed by atoms with Gasteiger partial charge < -0.3 is 0 Å². The number of rotatable bonds is 2. The summed E-state index contributed by atoms with van der Waals surface area (Å²) in [7, 11) is 0. The maximum atomic E-state index is 10.9. The van der Waals surface area contributed by atoms with Crippen molar-refractivity contribution in [2.45, 2.75) is 0 Å². The zero-order valence-electron chi connectivity index (χ0n) is 8.59. The Balaban J connectivity index is 2.98. The molecule has 0 spiro atoms. The molecule has 0 atom stereocenters. The van der Waals surface area contributed by atoms with Crippen LogP contribution in [0.5, 0.6) is 0 Å². The molecule has 0 radical (unpaired) electrons. The third kappa shape index (κ3) is 1.85. The summed E-state index contributed by atoms with van der Waals surface area (Å²) in [5, 5.41) is 21.9. The SMILES string of the molecule is O=[N+]([O-])c1c(Cl)ccc2c([N+](=O)[O-])c(Cl)ccc12. The highest BCUT2D eigenvalue weighted by atomic mass is 35.5. The van der Waals surface area contributed by atoms with Crippen LogP contribution >= 0.6 is 23.2 Å². The molecule has 0 N–H and O–H groups in total. The van der Waals surface area contributed by atoms with E-state index in [1.54, 1.807) is 0 Å². The predicted octanol–water partition coefficient (Wildman–Crippen LogP) is 3.96. The summed E-state index contributed by atoms with van der Waals surface area (Å²) in [4.78, 5) is 20.5. The lowest BCUT2D eigenvalue weighted by Gasteiger charge is -2.03. The monoisotopic (exact) mass is 286 g/mol. The number of hydrogen-bond donors (Lipinski definition) is 0. The van der Waals surface area contributed by atoms with Gasteiger partial charge in [-0.1, -0.05) is 23.2 Å². The zero-order valence-corrected chi connectivity index (χ0v) is 10.1. The van der Waals surface area contributed by atoms with E-state index in [2.05, 4.69) is 0 Å². The van der Waals surface area contributed by atoms with E-state index in [9.17, 15) is 20.2 Å². The van der Waals surface area contributed by atoms with Crippen LogP contribution in [0.15, 0.2) is 24.3 Å². The van der Waals surface area contributed by atoms with Gasteiger partial charge in [0, 0.05) is 0 Å². The minimum atomic E-state index is -0.678. The first-order valence-electron chi connectivity index (χ1n) is 4.63. The van der Waals surface area contributed by atoms with Crippen LogP contribution in [0.25, 0.3) is 10.8 Å². The number of nitro groups is 2. The number of halogens is 2. The smallest absolute Gasteiger partial charge is 0.258 e. The summed E-state index contributed by atoms with van der Waals surface area (Å²) >= 11 is 11.5. The largest absolute Gasteiger partial charge is 0.295 e. The van der Waals surface area contributed by atoms with Gasteiger partial charge in [0.05, 0.1) is 20.6 Å². The molecule has 2 aromatic carbocycles. The minimum absolute atomic E-state index is 0.0795. The Morgan fingerprint density at radius 1 is 0.778 bits per heavy atom. The van der Waals surface area contributed by atoms with Crippen LogP contribution < -0.4 is 0 Å². The van der Waals surface area contributed by atoms with Crippen molar-refractivity contribution in [1.82, 2.24) is 0 Å². The third-order valence-electron chi connectivity index (χ3n) is 2.41. The van der Waals surface area contributed by atoms with Crippen LogP contribution in [-0.4, -0.2) is 9.85 Å². The van der Waals surface area contributed by atoms with Crippen LogP contribution in [0, 0.1) is 20.2 Å². The van der Waals surface area contributed by atoms with Crippen LogP contribution in [-0.2, 0) is 0 Å². The highest BCUT2D eigenvalue weighted by molar-refractivity contribution is 6.36. The van der Waals surface area contributed by atoms with E-state index in [0.717, 1.165) is 0 Å². The lowest BCUT2D eigenvalue weighted by molar-refractivity contribution is -0.384. The van der Waals surface area contributed by atoms with Crippen molar-refractivity contribution in [3.8, 4) is 0 Å². The highest BCUT2D eigenvalue weighted by Crippen LogP contribution is 2.40. The Morgan fingerprint density at radius 3 is 1.39 bits per heavy atom. The fourth-order valence-corrected chi connectivity index (χ4v) is 2.16. The van der Waals surface area contributed by atoms with Gasteiger partial charge in [-0.2, -0.15) is 0 Å². The molecular formula is C10H4Cl2N2O4. The molecule has 18 heavy (non-hydrogen) atoms. The summed E-state index contributed by atoms with van der Waals surface area (Å²) in [6.45, 7) is 0. The van der Waals surface area contributed by atoms with Gasteiger partial charge >= 0.3 is 0 Å². The van der Waals surface area contributed by atoms with E-state index < -0.39 is 9.85 Å². The Kier molecular flexibility index (Phi) is 3.06. The summed E-state index contributed by atoms with van der Waals surface area (Å²) in [6, 6.07) is 5.17. The molecule has 0 amide bonds. The first-order chi connectivity index (χ1) is 8.43. The van der Waals surface area contributed by atoms with E-state index in [4.69, 9.17) is 23.2 Å². The lowest BCUT2D eigenvalue weighted by Crippen LogP contribution is -1.95. The quantitative estimate of drug-likeness (QED) is 0.617. The van der Waals surface area contributed by atoms with E-state index in [0.29, 0.717) is 0 Å². The second kappa shape index (κ2) is 4.40. The molecule has 0 unspecified atom stereocenters. The Labute approximate surface area is 110 Å². The van der Waals surface area contributed by atoms with Crippen molar-refractivity contribution < 1.29 is 9.85 Å². The average molecular weight is 287 g/mol. The lowest BCUT2D eigenvalue weighted by atomic mass is 10.1. The molecule has 6 nitrogen and oxygen atoms in total. The van der Waals surface area contributed by atoms with Gasteiger partial charge in [0.25, 0.3) is 11.4 Å². The normalized spacial score (nSPS) is 10.6. The van der Waals surface area contributed by atoms with Crippen molar-refractivity contribution in [2.75, 3.05) is 0 Å². The molecule has 0 aliphatic heterocycles. The number of hydrogen-bond acceptors (Lipinski definition) is 4. The topological polar surface area (TPSA) is 86.3 Å². The maximum Gasteiger partial charge on any atom is 0.295 e. The average Bonchev–Trinajstić information content (AvgIpc) is 2.27. The summed E-state index contributed by atoms with van der Waals surface area (Å²) in [5.41, 5.74) is -0.733.